The first kappa shape index (κ1) is 17.3. The number of hydrogen-bond donors (Lipinski definition) is 3. The lowest BCUT2D eigenvalue weighted by atomic mass is 9.82. The number of carbonyl (C=O) groups is 3. The van der Waals surface area contributed by atoms with E-state index in [0.717, 1.165) is 19.3 Å². The molecule has 0 unspecified atom stereocenters. The second kappa shape index (κ2) is 8.49. The Kier molecular flexibility index (Phi) is 6.98. The summed E-state index contributed by atoms with van der Waals surface area (Å²) in [5.41, 5.74) is -1.15. The van der Waals surface area contributed by atoms with Crippen molar-refractivity contribution in [3.63, 3.8) is 0 Å². The molecule has 0 aromatic heterocycles. The molecule has 120 valence electrons. The van der Waals surface area contributed by atoms with E-state index in [1.165, 1.54) is 0 Å². The molecule has 0 bridgehead atoms. The highest BCUT2D eigenvalue weighted by atomic mass is 16.5. The van der Waals surface area contributed by atoms with Crippen molar-refractivity contribution in [2.75, 3.05) is 13.2 Å². The molecule has 2 amide bonds. The monoisotopic (exact) mass is 300 g/mol. The van der Waals surface area contributed by atoms with Crippen LogP contribution in [0.5, 0.6) is 0 Å². The van der Waals surface area contributed by atoms with Gasteiger partial charge in [0.1, 0.15) is 5.54 Å². The Morgan fingerprint density at radius 1 is 1.19 bits per heavy atom. The van der Waals surface area contributed by atoms with Crippen LogP contribution in [0.3, 0.4) is 0 Å². The average Bonchev–Trinajstić information content (AvgIpc) is 2.45. The number of amides is 2. The molecule has 1 fully saturated rings. The first-order valence-corrected chi connectivity index (χ1v) is 7.45. The first-order chi connectivity index (χ1) is 10.00. The van der Waals surface area contributed by atoms with Crippen molar-refractivity contribution in [3.8, 4) is 0 Å². The van der Waals surface area contributed by atoms with E-state index < -0.39 is 17.5 Å². The van der Waals surface area contributed by atoms with Crippen LogP contribution in [0.15, 0.2) is 0 Å². The molecule has 1 aliphatic rings. The highest BCUT2D eigenvalue weighted by Crippen LogP contribution is 2.28. The SMILES string of the molecule is CCOC(=O)CCCNC(=O)NC1(C(=O)O)CCCCC1. The molecule has 0 saturated heterocycles. The van der Waals surface area contributed by atoms with Crippen LogP contribution in [0.4, 0.5) is 4.79 Å². The summed E-state index contributed by atoms with van der Waals surface area (Å²) in [5.74, 6) is -1.28. The van der Waals surface area contributed by atoms with E-state index in [0.29, 0.717) is 32.4 Å². The van der Waals surface area contributed by atoms with Crippen LogP contribution in [0.25, 0.3) is 0 Å². The molecule has 1 saturated carbocycles. The Bertz CT molecular complexity index is 378. The number of esters is 1. The van der Waals surface area contributed by atoms with Gasteiger partial charge in [-0.3, -0.25) is 4.79 Å². The van der Waals surface area contributed by atoms with Crippen molar-refractivity contribution in [3.05, 3.63) is 0 Å². The van der Waals surface area contributed by atoms with Gasteiger partial charge < -0.3 is 20.5 Å². The Morgan fingerprint density at radius 2 is 1.86 bits per heavy atom. The molecule has 0 heterocycles. The number of carboxylic acids is 1. The number of rotatable bonds is 7. The third-order valence-corrected chi connectivity index (χ3v) is 3.62. The van der Waals surface area contributed by atoms with Crippen molar-refractivity contribution < 1.29 is 24.2 Å². The van der Waals surface area contributed by atoms with Gasteiger partial charge in [-0.05, 0) is 26.2 Å². The van der Waals surface area contributed by atoms with E-state index in [1.807, 2.05) is 0 Å². The van der Waals surface area contributed by atoms with Crippen LogP contribution in [-0.4, -0.2) is 41.8 Å². The lowest BCUT2D eigenvalue weighted by molar-refractivity contribution is -0.146. The summed E-state index contributed by atoms with van der Waals surface area (Å²) in [4.78, 5) is 34.3. The van der Waals surface area contributed by atoms with E-state index in [4.69, 9.17) is 4.74 Å². The molecule has 3 N–H and O–H groups in total. The fourth-order valence-electron chi connectivity index (χ4n) is 2.48. The van der Waals surface area contributed by atoms with Gasteiger partial charge in [0.05, 0.1) is 6.61 Å². The summed E-state index contributed by atoms with van der Waals surface area (Å²) in [6.45, 7) is 2.38. The largest absolute Gasteiger partial charge is 0.480 e. The van der Waals surface area contributed by atoms with Crippen molar-refractivity contribution in [1.29, 1.82) is 0 Å². The second-order valence-electron chi connectivity index (χ2n) is 5.24. The van der Waals surface area contributed by atoms with Gasteiger partial charge in [0, 0.05) is 13.0 Å². The molecule has 0 spiro atoms. The van der Waals surface area contributed by atoms with E-state index in [2.05, 4.69) is 10.6 Å². The predicted octanol–water partition coefficient (Wildman–Crippen LogP) is 1.42. The van der Waals surface area contributed by atoms with Gasteiger partial charge in [-0.1, -0.05) is 19.3 Å². The Balaban J connectivity index is 2.31. The van der Waals surface area contributed by atoms with Crippen LogP contribution in [-0.2, 0) is 14.3 Å². The van der Waals surface area contributed by atoms with E-state index in [9.17, 15) is 19.5 Å². The highest BCUT2D eigenvalue weighted by molar-refractivity contribution is 5.86. The Hall–Kier alpha value is -1.79. The quantitative estimate of drug-likeness (QED) is 0.487. The Morgan fingerprint density at radius 3 is 2.43 bits per heavy atom. The third kappa shape index (κ3) is 5.61. The maximum Gasteiger partial charge on any atom is 0.329 e. The second-order valence-corrected chi connectivity index (χ2v) is 5.24. The topological polar surface area (TPSA) is 105 Å². The van der Waals surface area contributed by atoms with Crippen molar-refractivity contribution in [2.24, 2.45) is 0 Å². The number of hydrogen-bond acceptors (Lipinski definition) is 4. The van der Waals surface area contributed by atoms with E-state index in [1.54, 1.807) is 6.92 Å². The van der Waals surface area contributed by atoms with Gasteiger partial charge in [0.25, 0.3) is 0 Å². The summed E-state index contributed by atoms with van der Waals surface area (Å²) in [6.07, 6.45) is 4.21. The number of carboxylic acid groups (broad SMARTS) is 1. The van der Waals surface area contributed by atoms with Crippen molar-refractivity contribution in [2.45, 2.75) is 57.4 Å². The molecular formula is C14H24N2O5. The lowest BCUT2D eigenvalue weighted by Gasteiger charge is -2.33. The number of nitrogens with one attached hydrogen (secondary N) is 2. The van der Waals surface area contributed by atoms with Crippen molar-refractivity contribution >= 4 is 18.0 Å². The van der Waals surface area contributed by atoms with Crippen LogP contribution in [0.2, 0.25) is 0 Å². The van der Waals surface area contributed by atoms with Gasteiger partial charge in [0.15, 0.2) is 0 Å². The number of aliphatic carboxylic acids is 1. The van der Waals surface area contributed by atoms with E-state index in [-0.39, 0.29) is 12.4 Å². The van der Waals surface area contributed by atoms with Gasteiger partial charge in [-0.2, -0.15) is 0 Å². The van der Waals surface area contributed by atoms with Crippen LogP contribution in [0.1, 0.15) is 51.9 Å². The number of carbonyl (C=O) groups excluding carboxylic acids is 2. The lowest BCUT2D eigenvalue weighted by Crippen LogP contribution is -2.58. The molecule has 0 aromatic carbocycles. The van der Waals surface area contributed by atoms with E-state index >= 15 is 0 Å². The zero-order chi connectivity index (χ0) is 15.7. The minimum atomic E-state index is -1.15. The average molecular weight is 300 g/mol. The van der Waals surface area contributed by atoms with Gasteiger partial charge in [-0.25, -0.2) is 9.59 Å². The summed E-state index contributed by atoms with van der Waals surface area (Å²) in [7, 11) is 0. The predicted molar refractivity (Wildman–Crippen MR) is 75.9 cm³/mol. The minimum absolute atomic E-state index is 0.234. The summed E-state index contributed by atoms with van der Waals surface area (Å²) in [6, 6.07) is -0.497. The van der Waals surface area contributed by atoms with Crippen LogP contribution >= 0.6 is 0 Å². The molecular weight excluding hydrogens is 276 g/mol. The molecule has 1 rings (SSSR count). The standard InChI is InChI=1S/C14H24N2O5/c1-2-21-11(17)7-6-10-15-13(20)16-14(12(18)19)8-4-3-5-9-14/h2-10H2,1H3,(H,18,19)(H2,15,16,20). The maximum absolute atomic E-state index is 11.8. The summed E-state index contributed by atoms with van der Waals surface area (Å²) < 4.78 is 4.77. The fraction of sp³-hybridized carbons (Fsp3) is 0.786. The van der Waals surface area contributed by atoms with Crippen LogP contribution in [0, 0.1) is 0 Å². The molecule has 21 heavy (non-hydrogen) atoms. The summed E-state index contributed by atoms with van der Waals surface area (Å²) in [5, 5.41) is 14.5. The maximum atomic E-state index is 11.8. The molecule has 7 nitrogen and oxygen atoms in total. The zero-order valence-corrected chi connectivity index (χ0v) is 12.4. The van der Waals surface area contributed by atoms with Gasteiger partial charge >= 0.3 is 18.0 Å². The first-order valence-electron chi connectivity index (χ1n) is 7.45. The molecule has 0 radical (unpaired) electrons. The van der Waals surface area contributed by atoms with Gasteiger partial charge in [0.2, 0.25) is 0 Å². The zero-order valence-electron chi connectivity index (χ0n) is 12.4. The molecule has 0 atom stereocenters. The van der Waals surface area contributed by atoms with Crippen LogP contribution < -0.4 is 10.6 Å². The normalized spacial score (nSPS) is 16.8. The fourth-order valence-corrected chi connectivity index (χ4v) is 2.48. The molecule has 1 aliphatic carbocycles. The smallest absolute Gasteiger partial charge is 0.329 e. The summed E-state index contributed by atoms with van der Waals surface area (Å²) >= 11 is 0. The Labute approximate surface area is 124 Å². The number of urea groups is 1. The van der Waals surface area contributed by atoms with Gasteiger partial charge in [-0.15, -0.1) is 0 Å². The molecule has 0 aromatic rings. The molecule has 0 aliphatic heterocycles. The minimum Gasteiger partial charge on any atom is -0.480 e. The molecule has 7 heteroatoms. The number of ether oxygens (including phenoxy) is 1. The highest BCUT2D eigenvalue weighted by Gasteiger charge is 2.40. The third-order valence-electron chi connectivity index (χ3n) is 3.62. The van der Waals surface area contributed by atoms with Crippen molar-refractivity contribution in [1.82, 2.24) is 10.6 Å².